The largest absolute Gasteiger partial charge is 0.481 e. The molecule has 0 bridgehead atoms. The molecule has 0 aliphatic carbocycles. The molecule has 108 valence electrons. The third-order valence-corrected chi connectivity index (χ3v) is 3.65. The zero-order valence-corrected chi connectivity index (χ0v) is 11.1. The normalized spacial score (nSPS) is 18.9. The van der Waals surface area contributed by atoms with Gasteiger partial charge in [-0.25, -0.2) is 0 Å². The molecule has 1 fully saturated rings. The predicted octanol–water partition coefficient (Wildman–Crippen LogP) is -1.08. The first kappa shape index (κ1) is 14.5. The SMILES string of the molecule is O=C(O)CSc1nnc(CO)n1C1CCC(=O)NC1=O. The maximum atomic E-state index is 11.8. The van der Waals surface area contributed by atoms with Crippen molar-refractivity contribution in [3.8, 4) is 0 Å². The molecule has 20 heavy (non-hydrogen) atoms. The lowest BCUT2D eigenvalue weighted by Gasteiger charge is -2.23. The van der Waals surface area contributed by atoms with Crippen LogP contribution in [0.1, 0.15) is 24.7 Å². The highest BCUT2D eigenvalue weighted by atomic mass is 32.2. The molecule has 1 unspecified atom stereocenters. The van der Waals surface area contributed by atoms with Crippen LogP contribution in [-0.2, 0) is 21.0 Å². The van der Waals surface area contributed by atoms with Crippen LogP contribution in [0.15, 0.2) is 5.16 Å². The van der Waals surface area contributed by atoms with Gasteiger partial charge in [0.2, 0.25) is 11.8 Å². The fourth-order valence-corrected chi connectivity index (χ4v) is 2.60. The molecule has 1 aromatic rings. The predicted molar refractivity (Wildman–Crippen MR) is 65.7 cm³/mol. The van der Waals surface area contributed by atoms with E-state index in [1.54, 1.807) is 0 Å². The summed E-state index contributed by atoms with van der Waals surface area (Å²) in [5.74, 6) is -1.97. The van der Waals surface area contributed by atoms with Crippen molar-refractivity contribution in [3.05, 3.63) is 5.82 Å². The molecule has 2 heterocycles. The van der Waals surface area contributed by atoms with Gasteiger partial charge >= 0.3 is 5.97 Å². The second kappa shape index (κ2) is 6.01. The Hall–Kier alpha value is -1.94. The number of carbonyl (C=O) groups excluding carboxylic acids is 2. The zero-order valence-electron chi connectivity index (χ0n) is 10.3. The van der Waals surface area contributed by atoms with Crippen molar-refractivity contribution in [2.45, 2.75) is 30.6 Å². The van der Waals surface area contributed by atoms with Gasteiger partial charge in [-0.15, -0.1) is 10.2 Å². The van der Waals surface area contributed by atoms with Crippen LogP contribution in [0.3, 0.4) is 0 Å². The van der Waals surface area contributed by atoms with Crippen molar-refractivity contribution in [1.82, 2.24) is 20.1 Å². The number of nitrogens with zero attached hydrogens (tertiary/aromatic N) is 3. The van der Waals surface area contributed by atoms with Gasteiger partial charge in [0.15, 0.2) is 11.0 Å². The van der Waals surface area contributed by atoms with Gasteiger partial charge in [0.05, 0.1) is 5.75 Å². The molecule has 1 atom stereocenters. The number of hydrogen-bond donors (Lipinski definition) is 3. The van der Waals surface area contributed by atoms with E-state index < -0.39 is 24.5 Å². The number of imide groups is 1. The van der Waals surface area contributed by atoms with Crippen LogP contribution in [-0.4, -0.2) is 48.5 Å². The average molecular weight is 300 g/mol. The van der Waals surface area contributed by atoms with Crippen molar-refractivity contribution in [2.75, 3.05) is 5.75 Å². The Bertz CT molecular complexity index is 558. The number of aromatic nitrogens is 3. The molecule has 0 saturated carbocycles. The molecule has 1 aromatic heterocycles. The molecule has 1 aliphatic rings. The molecule has 10 heteroatoms. The minimum Gasteiger partial charge on any atom is -0.481 e. The number of carboxylic acids is 1. The van der Waals surface area contributed by atoms with Gasteiger partial charge in [-0.3, -0.25) is 24.3 Å². The highest BCUT2D eigenvalue weighted by molar-refractivity contribution is 7.99. The number of thioether (sulfide) groups is 1. The number of carboxylic acid groups (broad SMARTS) is 1. The summed E-state index contributed by atoms with van der Waals surface area (Å²) in [6, 6.07) is -0.721. The molecule has 1 aliphatic heterocycles. The zero-order chi connectivity index (χ0) is 14.7. The summed E-state index contributed by atoms with van der Waals surface area (Å²) in [5, 5.41) is 27.8. The Balaban J connectivity index is 2.28. The first-order valence-corrected chi connectivity index (χ1v) is 6.74. The molecule has 1 saturated heterocycles. The van der Waals surface area contributed by atoms with Crippen LogP contribution in [0.2, 0.25) is 0 Å². The number of amides is 2. The van der Waals surface area contributed by atoms with E-state index in [2.05, 4.69) is 15.5 Å². The van der Waals surface area contributed by atoms with Gasteiger partial charge in [-0.05, 0) is 6.42 Å². The minimum absolute atomic E-state index is 0.160. The van der Waals surface area contributed by atoms with E-state index in [0.29, 0.717) is 0 Å². The first-order valence-electron chi connectivity index (χ1n) is 5.76. The van der Waals surface area contributed by atoms with E-state index in [9.17, 15) is 19.5 Å². The molecule has 0 radical (unpaired) electrons. The standard InChI is InChI=1S/C10H12N4O5S/c15-3-6-12-13-10(20-4-8(17)18)14(6)5-1-2-7(16)11-9(5)19/h5,15H,1-4H2,(H,17,18)(H,11,16,19). The third-order valence-electron chi connectivity index (χ3n) is 2.72. The van der Waals surface area contributed by atoms with Crippen LogP contribution in [0.4, 0.5) is 0 Å². The Morgan fingerprint density at radius 2 is 2.20 bits per heavy atom. The fourth-order valence-electron chi connectivity index (χ4n) is 1.88. The van der Waals surface area contributed by atoms with Gasteiger partial charge in [-0.2, -0.15) is 0 Å². The van der Waals surface area contributed by atoms with E-state index in [1.807, 2.05) is 0 Å². The van der Waals surface area contributed by atoms with Crippen molar-refractivity contribution in [3.63, 3.8) is 0 Å². The molecule has 2 rings (SSSR count). The Morgan fingerprint density at radius 1 is 1.45 bits per heavy atom. The number of piperidine rings is 1. The molecule has 9 nitrogen and oxygen atoms in total. The third kappa shape index (κ3) is 2.96. The van der Waals surface area contributed by atoms with Gasteiger partial charge in [0.1, 0.15) is 12.6 Å². The van der Waals surface area contributed by atoms with Gasteiger partial charge in [0, 0.05) is 6.42 Å². The van der Waals surface area contributed by atoms with Crippen molar-refractivity contribution in [1.29, 1.82) is 0 Å². The van der Waals surface area contributed by atoms with Crippen molar-refractivity contribution < 1.29 is 24.6 Å². The monoisotopic (exact) mass is 300 g/mol. The van der Waals surface area contributed by atoms with E-state index in [0.717, 1.165) is 11.8 Å². The van der Waals surface area contributed by atoms with E-state index in [-0.39, 0.29) is 35.5 Å². The van der Waals surface area contributed by atoms with Crippen LogP contribution in [0, 0.1) is 0 Å². The average Bonchev–Trinajstić information content (AvgIpc) is 2.79. The van der Waals surface area contributed by atoms with E-state index >= 15 is 0 Å². The van der Waals surface area contributed by atoms with Gasteiger partial charge < -0.3 is 10.2 Å². The summed E-state index contributed by atoms with van der Waals surface area (Å²) in [5.41, 5.74) is 0. The highest BCUT2D eigenvalue weighted by Crippen LogP contribution is 2.26. The summed E-state index contributed by atoms with van der Waals surface area (Å²) < 4.78 is 1.38. The topological polar surface area (TPSA) is 134 Å². The van der Waals surface area contributed by atoms with E-state index in [4.69, 9.17) is 5.11 Å². The lowest BCUT2D eigenvalue weighted by atomic mass is 10.1. The maximum absolute atomic E-state index is 11.8. The molecule has 2 amide bonds. The maximum Gasteiger partial charge on any atom is 0.313 e. The lowest BCUT2D eigenvalue weighted by Crippen LogP contribution is -2.42. The minimum atomic E-state index is -1.03. The van der Waals surface area contributed by atoms with E-state index in [1.165, 1.54) is 4.57 Å². The summed E-state index contributed by atoms with van der Waals surface area (Å²) >= 11 is 0.902. The number of hydrogen-bond acceptors (Lipinski definition) is 7. The summed E-state index contributed by atoms with van der Waals surface area (Å²) in [4.78, 5) is 33.6. The molecule has 0 aromatic carbocycles. The number of aliphatic hydroxyl groups is 1. The Labute approximate surface area is 117 Å². The summed E-state index contributed by atoms with van der Waals surface area (Å²) in [6.07, 6.45) is 0.429. The molecular formula is C10H12N4O5S. The van der Waals surface area contributed by atoms with Crippen LogP contribution in [0.25, 0.3) is 0 Å². The second-order valence-corrected chi connectivity index (χ2v) is 5.02. The quantitative estimate of drug-likeness (QED) is 0.462. The van der Waals surface area contributed by atoms with Crippen LogP contribution in [0.5, 0.6) is 0 Å². The molecular weight excluding hydrogens is 288 g/mol. The smallest absolute Gasteiger partial charge is 0.313 e. The highest BCUT2D eigenvalue weighted by Gasteiger charge is 2.32. The van der Waals surface area contributed by atoms with Gasteiger partial charge in [-0.1, -0.05) is 11.8 Å². The number of rotatable bonds is 5. The second-order valence-electron chi connectivity index (χ2n) is 4.08. The lowest BCUT2D eigenvalue weighted by molar-refractivity contribution is -0.136. The van der Waals surface area contributed by atoms with Gasteiger partial charge in [0.25, 0.3) is 0 Å². The molecule has 0 spiro atoms. The number of nitrogens with one attached hydrogen (secondary N) is 1. The summed E-state index contributed by atoms with van der Waals surface area (Å²) in [7, 11) is 0. The van der Waals surface area contributed by atoms with Crippen LogP contribution < -0.4 is 5.32 Å². The molecule has 3 N–H and O–H groups in total. The fraction of sp³-hybridized carbons (Fsp3) is 0.500. The number of aliphatic hydroxyl groups excluding tert-OH is 1. The van der Waals surface area contributed by atoms with Crippen molar-refractivity contribution in [2.24, 2.45) is 0 Å². The first-order chi connectivity index (χ1) is 9.52. The number of aliphatic carboxylic acids is 1. The van der Waals surface area contributed by atoms with Crippen molar-refractivity contribution >= 4 is 29.5 Å². The Kier molecular flexibility index (Phi) is 4.35. The Morgan fingerprint density at radius 3 is 2.80 bits per heavy atom. The summed E-state index contributed by atoms with van der Waals surface area (Å²) in [6.45, 7) is -0.432. The number of carbonyl (C=O) groups is 3. The van der Waals surface area contributed by atoms with Crippen LogP contribution >= 0.6 is 11.8 Å².